The minimum Gasteiger partial charge on any atom is -0.496 e. The molecule has 1 atom stereocenters. The van der Waals surface area contributed by atoms with Crippen LogP contribution < -0.4 is 15.0 Å². The van der Waals surface area contributed by atoms with Gasteiger partial charge in [0.25, 0.3) is 11.8 Å². The van der Waals surface area contributed by atoms with Crippen molar-refractivity contribution in [3.63, 3.8) is 0 Å². The third-order valence-corrected chi connectivity index (χ3v) is 7.38. The fraction of sp³-hybridized carbons (Fsp3) is 0.138. The van der Waals surface area contributed by atoms with Crippen LogP contribution in [0.1, 0.15) is 49.3 Å². The van der Waals surface area contributed by atoms with E-state index in [0.717, 1.165) is 0 Å². The number of methoxy groups -OCH3 is 1. The Morgan fingerprint density at radius 2 is 1.82 bits per heavy atom. The number of carbonyl (C=O) groups excluding carboxylic acids is 3. The number of aromatic nitrogens is 2. The molecule has 9 nitrogen and oxygen atoms in total. The maximum absolute atomic E-state index is 13.9. The normalized spacial score (nSPS) is 16.3. The van der Waals surface area contributed by atoms with Gasteiger partial charge >= 0.3 is 0 Å². The molecule has 0 saturated carbocycles. The highest BCUT2D eigenvalue weighted by Crippen LogP contribution is 2.32. The van der Waals surface area contributed by atoms with Crippen LogP contribution in [0.15, 0.2) is 79.0 Å². The molecule has 1 N–H and O–H groups in total. The lowest BCUT2D eigenvalue weighted by Gasteiger charge is -2.42. The van der Waals surface area contributed by atoms with Crippen molar-refractivity contribution in [2.45, 2.75) is 18.6 Å². The van der Waals surface area contributed by atoms with Crippen LogP contribution in [0, 0.1) is 11.3 Å². The number of para-hydroxylation sites is 1. The lowest BCUT2D eigenvalue weighted by Crippen LogP contribution is -2.58. The zero-order valence-corrected chi connectivity index (χ0v) is 23.6. The molecule has 1 aromatic heterocycles. The Hall–Kier alpha value is -5.01. The third-order valence-electron chi connectivity index (χ3n) is 6.62. The first-order valence-electron chi connectivity index (χ1n) is 12.2. The predicted molar refractivity (Wildman–Crippen MR) is 149 cm³/mol. The fourth-order valence-electron chi connectivity index (χ4n) is 4.80. The molecular formula is C29H25N5O4Si. The van der Waals surface area contributed by atoms with E-state index in [1.165, 1.54) is 13.3 Å². The molecule has 39 heavy (non-hydrogen) atoms. The fourth-order valence-corrected chi connectivity index (χ4v) is 5.56. The van der Waals surface area contributed by atoms with Crippen LogP contribution in [0.3, 0.4) is 0 Å². The SMILES string of the molecule is COc1ccccc1C(=O)c1ccc(N2C(=O)c3c(C(=O)Nc4cccc(C#N)c4)cnn3C[C@]2(C)[SiH3])cc1. The first kappa shape index (κ1) is 25.6. The van der Waals surface area contributed by atoms with Gasteiger partial charge in [-0.05, 0) is 61.5 Å². The Bertz CT molecular complexity index is 1650. The largest absolute Gasteiger partial charge is 0.496 e. The molecule has 0 unspecified atom stereocenters. The quantitative estimate of drug-likeness (QED) is 0.300. The Kier molecular flexibility index (Phi) is 6.60. The lowest BCUT2D eigenvalue weighted by molar-refractivity contribution is 0.0924. The van der Waals surface area contributed by atoms with Crippen LogP contribution in [-0.4, -0.2) is 49.9 Å². The average molecular weight is 536 g/mol. The molecule has 2 amide bonds. The predicted octanol–water partition coefficient (Wildman–Crippen LogP) is 2.99. The number of rotatable bonds is 6. The highest BCUT2D eigenvalue weighted by Gasteiger charge is 2.42. The third kappa shape index (κ3) is 4.71. The zero-order valence-electron chi connectivity index (χ0n) is 21.6. The summed E-state index contributed by atoms with van der Waals surface area (Å²) >= 11 is 0. The van der Waals surface area contributed by atoms with E-state index < -0.39 is 11.1 Å². The molecule has 4 aromatic rings. The molecule has 0 aliphatic carbocycles. The highest BCUT2D eigenvalue weighted by atomic mass is 28.1. The van der Waals surface area contributed by atoms with Crippen molar-refractivity contribution >= 4 is 39.2 Å². The minimum atomic E-state index is -0.529. The number of fused-ring (bicyclic) bond motifs is 1. The number of anilines is 2. The van der Waals surface area contributed by atoms with Crippen molar-refractivity contribution in [1.29, 1.82) is 5.26 Å². The van der Waals surface area contributed by atoms with E-state index in [4.69, 9.17) is 10.00 Å². The van der Waals surface area contributed by atoms with E-state index in [1.54, 1.807) is 82.4 Å². The van der Waals surface area contributed by atoms with Crippen LogP contribution in [0.25, 0.3) is 0 Å². The van der Waals surface area contributed by atoms with Gasteiger partial charge in [0.15, 0.2) is 5.78 Å². The van der Waals surface area contributed by atoms with Gasteiger partial charge in [0, 0.05) is 32.3 Å². The first-order chi connectivity index (χ1) is 18.7. The monoisotopic (exact) mass is 535 g/mol. The molecule has 2 heterocycles. The van der Waals surface area contributed by atoms with E-state index in [1.807, 2.05) is 13.0 Å². The summed E-state index contributed by atoms with van der Waals surface area (Å²) in [4.78, 5) is 41.8. The van der Waals surface area contributed by atoms with E-state index in [0.29, 0.717) is 50.6 Å². The van der Waals surface area contributed by atoms with Gasteiger partial charge in [-0.2, -0.15) is 10.4 Å². The number of nitriles is 1. The van der Waals surface area contributed by atoms with Crippen LogP contribution in [0.5, 0.6) is 5.75 Å². The molecule has 0 radical (unpaired) electrons. The average Bonchev–Trinajstić information content (AvgIpc) is 3.36. The number of hydrogen-bond acceptors (Lipinski definition) is 6. The summed E-state index contributed by atoms with van der Waals surface area (Å²) in [6.07, 6.45) is 1.40. The number of ether oxygens (including phenoxy) is 1. The van der Waals surface area contributed by atoms with Gasteiger partial charge in [-0.15, -0.1) is 0 Å². The zero-order chi connectivity index (χ0) is 27.7. The summed E-state index contributed by atoms with van der Waals surface area (Å²) in [5.41, 5.74) is 2.73. The Labute approximate surface area is 228 Å². The Balaban J connectivity index is 1.44. The van der Waals surface area contributed by atoms with E-state index in [9.17, 15) is 14.4 Å². The smallest absolute Gasteiger partial charge is 0.277 e. The van der Waals surface area contributed by atoms with Crippen molar-refractivity contribution in [3.8, 4) is 11.8 Å². The molecule has 5 rings (SSSR count). The minimum absolute atomic E-state index is 0.146. The van der Waals surface area contributed by atoms with E-state index >= 15 is 0 Å². The summed E-state index contributed by atoms with van der Waals surface area (Å²) in [6, 6.07) is 22.5. The van der Waals surface area contributed by atoms with Crippen LogP contribution in [-0.2, 0) is 6.54 Å². The van der Waals surface area contributed by atoms with E-state index in [-0.39, 0.29) is 22.9 Å². The molecule has 1 aliphatic rings. The number of ketones is 1. The summed E-state index contributed by atoms with van der Waals surface area (Å²) in [7, 11) is 2.14. The van der Waals surface area contributed by atoms with Gasteiger partial charge in [0.05, 0.1) is 42.6 Å². The van der Waals surface area contributed by atoms with Crippen LogP contribution in [0.4, 0.5) is 11.4 Å². The van der Waals surface area contributed by atoms with Gasteiger partial charge in [-0.1, -0.05) is 18.2 Å². The molecule has 0 fully saturated rings. The number of amides is 2. The molecule has 3 aromatic carbocycles. The summed E-state index contributed by atoms with van der Waals surface area (Å²) < 4.78 is 6.90. The summed E-state index contributed by atoms with van der Waals surface area (Å²) in [5.74, 6) is -0.538. The maximum Gasteiger partial charge on any atom is 0.277 e. The second kappa shape index (κ2) is 10.0. The second-order valence-corrected chi connectivity index (χ2v) is 11.9. The van der Waals surface area contributed by atoms with Gasteiger partial charge in [-0.25, -0.2) is 0 Å². The Morgan fingerprint density at radius 1 is 1.08 bits per heavy atom. The molecule has 10 heteroatoms. The molecule has 1 aliphatic heterocycles. The van der Waals surface area contributed by atoms with Crippen molar-refractivity contribution in [2.75, 3.05) is 17.3 Å². The van der Waals surface area contributed by atoms with Gasteiger partial charge < -0.3 is 15.0 Å². The van der Waals surface area contributed by atoms with E-state index in [2.05, 4.69) is 10.4 Å². The van der Waals surface area contributed by atoms with Gasteiger partial charge in [-0.3, -0.25) is 19.1 Å². The maximum atomic E-state index is 13.9. The van der Waals surface area contributed by atoms with Crippen molar-refractivity contribution in [3.05, 3.63) is 107 Å². The van der Waals surface area contributed by atoms with Gasteiger partial charge in [0.1, 0.15) is 11.4 Å². The highest BCUT2D eigenvalue weighted by molar-refractivity contribution is 6.25. The van der Waals surface area contributed by atoms with Crippen molar-refractivity contribution in [1.82, 2.24) is 9.78 Å². The number of nitrogens with zero attached hydrogens (tertiary/aromatic N) is 4. The van der Waals surface area contributed by atoms with Crippen molar-refractivity contribution < 1.29 is 19.1 Å². The topological polar surface area (TPSA) is 117 Å². The van der Waals surface area contributed by atoms with Crippen molar-refractivity contribution in [2.24, 2.45) is 0 Å². The number of benzene rings is 3. The molecule has 0 saturated heterocycles. The number of nitrogens with one attached hydrogen (secondary N) is 1. The summed E-state index contributed by atoms with van der Waals surface area (Å²) in [6.45, 7) is 2.39. The van der Waals surface area contributed by atoms with Crippen LogP contribution >= 0.6 is 0 Å². The molecule has 0 bridgehead atoms. The number of carbonyl (C=O) groups is 3. The molecular weight excluding hydrogens is 510 g/mol. The second-order valence-electron chi connectivity index (χ2n) is 9.74. The Morgan fingerprint density at radius 3 is 2.54 bits per heavy atom. The van der Waals surface area contributed by atoms with Crippen LogP contribution in [0.2, 0.25) is 0 Å². The molecule has 0 spiro atoms. The lowest BCUT2D eigenvalue weighted by atomic mass is 10.0. The summed E-state index contributed by atoms with van der Waals surface area (Å²) in [5, 5.41) is 15.7. The molecule has 194 valence electrons. The standard InChI is InChI=1S/C29H25N5O4Si/c1-29(39)17-33-25(23(16-31-33)27(36)32-20-7-5-6-18(14-20)15-30)28(37)34(29)21-12-10-19(11-13-21)26(35)22-8-3-4-9-24(22)38-2/h3-14,16H,17H2,1-2,39H3,(H,32,36)/t29-/m0/s1. The first-order valence-corrected chi connectivity index (χ1v) is 13.2. The number of hydrogen-bond donors (Lipinski definition) is 1. The van der Waals surface area contributed by atoms with Gasteiger partial charge in [0.2, 0.25) is 0 Å².